The minimum absolute atomic E-state index is 0.219. The van der Waals surface area contributed by atoms with Gasteiger partial charge < -0.3 is 24.7 Å². The molecule has 2 aliphatic heterocycles. The van der Waals surface area contributed by atoms with Crippen LogP contribution in [0.2, 0.25) is 0 Å². The molecule has 0 aromatic carbocycles. The first-order valence-electron chi connectivity index (χ1n) is 10.1. The third kappa shape index (κ3) is 3.73. The summed E-state index contributed by atoms with van der Waals surface area (Å²) in [6.45, 7) is 5.08. The summed E-state index contributed by atoms with van der Waals surface area (Å²) in [6.07, 6.45) is -1.61. The van der Waals surface area contributed by atoms with Crippen LogP contribution in [0.1, 0.15) is 45.1 Å². The van der Waals surface area contributed by atoms with Gasteiger partial charge in [0.25, 0.3) is 0 Å². The average molecular weight is 460 g/mol. The number of carbonyl (C=O) groups excluding carboxylic acids is 3. The number of ether oxygens (including phenoxy) is 4. The van der Waals surface area contributed by atoms with Crippen molar-refractivity contribution in [2.45, 2.75) is 51.6 Å². The molecule has 0 radical (unpaired) electrons. The van der Waals surface area contributed by atoms with E-state index >= 15 is 0 Å². The minimum Gasteiger partial charge on any atom is -0.463 e. The van der Waals surface area contributed by atoms with Crippen LogP contribution in [0.15, 0.2) is 17.5 Å². The number of aromatic nitrogens is 3. The lowest BCUT2D eigenvalue weighted by Gasteiger charge is -2.33. The molecule has 4 heterocycles. The molecular formula is C20H24N6O7. The summed E-state index contributed by atoms with van der Waals surface area (Å²) >= 11 is 0. The number of carbonyl (C=O) groups is 3. The topological polar surface area (TPSA) is 160 Å². The van der Waals surface area contributed by atoms with Gasteiger partial charge in [-0.2, -0.15) is 10.2 Å². The number of nitrogens with two attached hydrogens (primary N) is 1. The van der Waals surface area contributed by atoms with Crippen LogP contribution < -0.4 is 10.7 Å². The zero-order valence-corrected chi connectivity index (χ0v) is 18.8. The van der Waals surface area contributed by atoms with Gasteiger partial charge in [-0.3, -0.25) is 14.4 Å². The summed E-state index contributed by atoms with van der Waals surface area (Å²) in [5.74, 6) is -1.01. The fourth-order valence-electron chi connectivity index (χ4n) is 4.32. The SMILES string of the molecule is CC(=O)OC[C@H]1O[C@@H](c2cc3c4c(ncnn24)N(C)N=C3N)[C@](C)(OC(C)=O)[C@@H]1OC(C)=O. The molecule has 0 spiro atoms. The molecule has 33 heavy (non-hydrogen) atoms. The standard InChI is InChI=1S/C20H24N6O7/c1-9(27)30-7-14-17(31-10(2)28)20(4,33-11(3)29)16(32-14)13-6-12-15-19(22-8-23-26(13)15)25(5)24-18(12)21/h6,8,14,16-17H,7H2,1-5H3,(H2,21,24)/t14-,16+,17-,20+/m1/s1. The van der Waals surface area contributed by atoms with E-state index in [2.05, 4.69) is 15.2 Å². The predicted octanol–water partition coefficient (Wildman–Crippen LogP) is 0.0559. The predicted molar refractivity (Wildman–Crippen MR) is 112 cm³/mol. The Labute approximate surface area is 188 Å². The monoisotopic (exact) mass is 460 g/mol. The molecule has 0 aliphatic carbocycles. The van der Waals surface area contributed by atoms with Crippen molar-refractivity contribution in [1.82, 2.24) is 14.6 Å². The van der Waals surface area contributed by atoms with Crippen molar-refractivity contribution in [3.05, 3.63) is 23.7 Å². The molecule has 2 aromatic rings. The second-order valence-corrected chi connectivity index (χ2v) is 8.00. The summed E-state index contributed by atoms with van der Waals surface area (Å²) in [4.78, 5) is 39.7. The van der Waals surface area contributed by atoms with E-state index < -0.39 is 41.8 Å². The summed E-state index contributed by atoms with van der Waals surface area (Å²) in [5.41, 5.74) is 6.28. The van der Waals surface area contributed by atoms with Gasteiger partial charge in [-0.05, 0) is 13.0 Å². The zero-order chi connectivity index (χ0) is 24.1. The van der Waals surface area contributed by atoms with Gasteiger partial charge in [0, 0.05) is 33.4 Å². The van der Waals surface area contributed by atoms with Crippen molar-refractivity contribution in [1.29, 1.82) is 0 Å². The lowest BCUT2D eigenvalue weighted by atomic mass is 9.90. The molecule has 1 fully saturated rings. The Kier molecular flexibility index (Phi) is 5.44. The molecule has 0 unspecified atom stereocenters. The van der Waals surface area contributed by atoms with Crippen LogP contribution in [0, 0.1) is 0 Å². The van der Waals surface area contributed by atoms with Gasteiger partial charge in [-0.15, -0.1) is 0 Å². The first kappa shape index (κ1) is 22.5. The Morgan fingerprint density at radius 3 is 2.58 bits per heavy atom. The maximum atomic E-state index is 12.1. The van der Waals surface area contributed by atoms with E-state index in [-0.39, 0.29) is 12.4 Å². The van der Waals surface area contributed by atoms with E-state index in [1.807, 2.05) is 0 Å². The van der Waals surface area contributed by atoms with E-state index in [1.54, 1.807) is 24.6 Å². The normalized spacial score (nSPS) is 26.2. The van der Waals surface area contributed by atoms with Crippen LogP contribution in [-0.4, -0.2) is 69.8 Å². The maximum absolute atomic E-state index is 12.1. The second-order valence-electron chi connectivity index (χ2n) is 8.00. The van der Waals surface area contributed by atoms with Gasteiger partial charge in [0.05, 0.1) is 5.69 Å². The van der Waals surface area contributed by atoms with Crippen LogP contribution in [0.25, 0.3) is 5.52 Å². The van der Waals surface area contributed by atoms with E-state index in [0.717, 1.165) is 0 Å². The Balaban J connectivity index is 1.87. The first-order chi connectivity index (χ1) is 15.5. The molecule has 0 saturated carbocycles. The zero-order valence-electron chi connectivity index (χ0n) is 18.8. The Morgan fingerprint density at radius 2 is 1.94 bits per heavy atom. The van der Waals surface area contributed by atoms with Crippen molar-refractivity contribution in [3.8, 4) is 0 Å². The highest BCUT2D eigenvalue weighted by Crippen LogP contribution is 2.47. The molecule has 2 N–H and O–H groups in total. The molecule has 2 aliphatic rings. The number of hydrogen-bond donors (Lipinski definition) is 1. The van der Waals surface area contributed by atoms with Crippen molar-refractivity contribution in [2.75, 3.05) is 18.7 Å². The summed E-state index contributed by atoms with van der Waals surface area (Å²) in [5, 5.41) is 10.1. The molecule has 13 heteroatoms. The summed E-state index contributed by atoms with van der Waals surface area (Å²) in [7, 11) is 1.70. The van der Waals surface area contributed by atoms with Gasteiger partial charge in [-0.1, -0.05) is 0 Å². The fourth-order valence-corrected chi connectivity index (χ4v) is 4.32. The summed E-state index contributed by atoms with van der Waals surface area (Å²) < 4.78 is 24.1. The highest BCUT2D eigenvalue weighted by molar-refractivity contribution is 6.08. The molecule has 4 atom stereocenters. The molecule has 0 bridgehead atoms. The largest absolute Gasteiger partial charge is 0.463 e. The van der Waals surface area contributed by atoms with Crippen molar-refractivity contribution in [3.63, 3.8) is 0 Å². The van der Waals surface area contributed by atoms with Gasteiger partial charge in [0.1, 0.15) is 30.7 Å². The number of nitrogens with zero attached hydrogens (tertiary/aromatic N) is 5. The van der Waals surface area contributed by atoms with E-state index in [1.165, 1.54) is 32.1 Å². The third-order valence-electron chi connectivity index (χ3n) is 5.51. The maximum Gasteiger partial charge on any atom is 0.303 e. The Bertz CT molecular complexity index is 1180. The van der Waals surface area contributed by atoms with Crippen LogP contribution in [0.4, 0.5) is 5.82 Å². The fraction of sp³-hybridized carbons (Fsp3) is 0.500. The van der Waals surface area contributed by atoms with Crippen molar-refractivity contribution >= 4 is 35.1 Å². The van der Waals surface area contributed by atoms with Gasteiger partial charge >= 0.3 is 17.9 Å². The molecule has 2 aromatic heterocycles. The lowest BCUT2D eigenvalue weighted by Crippen LogP contribution is -2.49. The Hall–Kier alpha value is -3.74. The highest BCUT2D eigenvalue weighted by atomic mass is 16.7. The van der Waals surface area contributed by atoms with Gasteiger partial charge in [-0.25, -0.2) is 14.5 Å². The number of amidine groups is 1. The number of hydrogen-bond acceptors (Lipinski definition) is 12. The highest BCUT2D eigenvalue weighted by Gasteiger charge is 2.60. The quantitative estimate of drug-likeness (QED) is 0.474. The third-order valence-corrected chi connectivity index (χ3v) is 5.51. The van der Waals surface area contributed by atoms with Crippen LogP contribution in [0.5, 0.6) is 0 Å². The van der Waals surface area contributed by atoms with Gasteiger partial charge in [0.15, 0.2) is 23.4 Å². The second kappa shape index (κ2) is 7.99. The number of esters is 3. The molecule has 0 amide bonds. The molecule has 1 saturated heterocycles. The van der Waals surface area contributed by atoms with Crippen LogP contribution >= 0.6 is 0 Å². The van der Waals surface area contributed by atoms with Gasteiger partial charge in [0.2, 0.25) is 0 Å². The first-order valence-corrected chi connectivity index (χ1v) is 10.1. The van der Waals surface area contributed by atoms with Crippen molar-refractivity contribution < 1.29 is 33.3 Å². The Morgan fingerprint density at radius 1 is 1.21 bits per heavy atom. The molecule has 4 rings (SSSR count). The van der Waals surface area contributed by atoms with Crippen LogP contribution in [-0.2, 0) is 33.3 Å². The molecule has 13 nitrogen and oxygen atoms in total. The molecule has 176 valence electrons. The molecular weight excluding hydrogens is 436 g/mol. The van der Waals surface area contributed by atoms with E-state index in [0.29, 0.717) is 22.6 Å². The number of anilines is 1. The van der Waals surface area contributed by atoms with Crippen molar-refractivity contribution in [2.24, 2.45) is 10.8 Å². The lowest BCUT2D eigenvalue weighted by molar-refractivity contribution is -0.181. The average Bonchev–Trinajstić information content (AvgIpc) is 3.21. The minimum atomic E-state index is -1.48. The smallest absolute Gasteiger partial charge is 0.303 e. The van der Waals surface area contributed by atoms with Crippen LogP contribution in [0.3, 0.4) is 0 Å². The summed E-state index contributed by atoms with van der Waals surface area (Å²) in [6, 6.07) is 1.71. The number of hydrazone groups is 1. The van der Waals surface area contributed by atoms with E-state index in [4.69, 9.17) is 24.7 Å². The number of rotatable bonds is 5. The van der Waals surface area contributed by atoms with E-state index in [9.17, 15) is 14.4 Å².